The standard InChI is InChI=1S/C12H16FNO/c1-12(2)9(11(12)14)7-5-4-6-8(13)10(7)15-3/h4-6,9,11H,14H2,1-3H3. The van der Waals surface area contributed by atoms with Crippen LogP contribution in [0, 0.1) is 11.2 Å². The van der Waals surface area contributed by atoms with Crippen molar-refractivity contribution < 1.29 is 9.13 Å². The lowest BCUT2D eigenvalue weighted by Gasteiger charge is -2.09. The molecule has 2 atom stereocenters. The monoisotopic (exact) mass is 209 g/mol. The maximum Gasteiger partial charge on any atom is 0.165 e. The molecule has 0 bridgehead atoms. The zero-order valence-corrected chi connectivity index (χ0v) is 9.25. The molecule has 0 radical (unpaired) electrons. The van der Waals surface area contributed by atoms with Crippen LogP contribution >= 0.6 is 0 Å². The van der Waals surface area contributed by atoms with Crippen LogP contribution in [-0.4, -0.2) is 13.2 Å². The van der Waals surface area contributed by atoms with E-state index in [0.717, 1.165) is 5.56 Å². The van der Waals surface area contributed by atoms with Gasteiger partial charge in [-0.15, -0.1) is 0 Å². The third-order valence-corrected chi connectivity index (χ3v) is 3.45. The van der Waals surface area contributed by atoms with Crippen molar-refractivity contribution in [2.45, 2.75) is 25.8 Å². The minimum Gasteiger partial charge on any atom is -0.493 e. The van der Waals surface area contributed by atoms with Gasteiger partial charge in [-0.25, -0.2) is 4.39 Å². The van der Waals surface area contributed by atoms with E-state index in [9.17, 15) is 4.39 Å². The molecule has 15 heavy (non-hydrogen) atoms. The van der Waals surface area contributed by atoms with E-state index in [1.807, 2.05) is 6.07 Å². The molecule has 0 heterocycles. The Morgan fingerprint density at radius 3 is 2.47 bits per heavy atom. The van der Waals surface area contributed by atoms with E-state index in [1.165, 1.54) is 13.2 Å². The second-order valence-corrected chi connectivity index (χ2v) is 4.69. The van der Waals surface area contributed by atoms with Crippen LogP contribution in [0.3, 0.4) is 0 Å². The minimum atomic E-state index is -0.315. The first-order valence-electron chi connectivity index (χ1n) is 5.08. The van der Waals surface area contributed by atoms with Crippen LogP contribution in [0.5, 0.6) is 5.75 Å². The lowest BCUT2D eigenvalue weighted by Crippen LogP contribution is -2.06. The average Bonchev–Trinajstić information content (AvgIpc) is 2.66. The molecule has 1 fully saturated rings. The van der Waals surface area contributed by atoms with Gasteiger partial charge in [0.1, 0.15) is 0 Å². The fraction of sp³-hybridized carbons (Fsp3) is 0.500. The van der Waals surface area contributed by atoms with E-state index >= 15 is 0 Å². The van der Waals surface area contributed by atoms with Crippen LogP contribution < -0.4 is 10.5 Å². The van der Waals surface area contributed by atoms with E-state index < -0.39 is 0 Å². The molecule has 2 N–H and O–H groups in total. The molecule has 1 saturated carbocycles. The molecule has 0 aliphatic heterocycles. The predicted octanol–water partition coefficient (Wildman–Crippen LogP) is 2.29. The van der Waals surface area contributed by atoms with Crippen molar-refractivity contribution in [2.75, 3.05) is 7.11 Å². The van der Waals surface area contributed by atoms with Crippen LogP contribution in [0.25, 0.3) is 0 Å². The smallest absolute Gasteiger partial charge is 0.165 e. The molecule has 3 heteroatoms. The number of hydrogen-bond donors (Lipinski definition) is 1. The van der Waals surface area contributed by atoms with Gasteiger partial charge in [0.15, 0.2) is 11.6 Å². The maximum atomic E-state index is 13.5. The number of methoxy groups -OCH3 is 1. The van der Waals surface area contributed by atoms with Crippen LogP contribution in [-0.2, 0) is 0 Å². The fourth-order valence-electron chi connectivity index (χ4n) is 2.26. The van der Waals surface area contributed by atoms with Crippen LogP contribution in [0.15, 0.2) is 18.2 Å². The maximum absolute atomic E-state index is 13.5. The van der Waals surface area contributed by atoms with Crippen molar-refractivity contribution in [1.82, 2.24) is 0 Å². The van der Waals surface area contributed by atoms with Crippen molar-refractivity contribution in [1.29, 1.82) is 0 Å². The first-order chi connectivity index (χ1) is 7.00. The molecule has 0 aromatic heterocycles. The molecule has 1 aromatic rings. The average molecular weight is 209 g/mol. The topological polar surface area (TPSA) is 35.2 Å². The number of hydrogen-bond acceptors (Lipinski definition) is 2. The third-order valence-electron chi connectivity index (χ3n) is 3.45. The molecule has 2 unspecified atom stereocenters. The molecule has 1 aromatic carbocycles. The van der Waals surface area contributed by atoms with E-state index in [2.05, 4.69) is 13.8 Å². The van der Waals surface area contributed by atoms with Crippen molar-refractivity contribution in [2.24, 2.45) is 11.1 Å². The van der Waals surface area contributed by atoms with Crippen molar-refractivity contribution in [3.8, 4) is 5.75 Å². The van der Waals surface area contributed by atoms with Gasteiger partial charge < -0.3 is 10.5 Å². The number of halogens is 1. The Bertz CT molecular complexity index is 389. The Balaban J connectivity index is 2.42. The molecular weight excluding hydrogens is 193 g/mol. The van der Waals surface area contributed by atoms with Crippen LogP contribution in [0.1, 0.15) is 25.3 Å². The van der Waals surface area contributed by atoms with Gasteiger partial charge in [0.05, 0.1) is 7.11 Å². The number of nitrogens with two attached hydrogens (primary N) is 1. The summed E-state index contributed by atoms with van der Waals surface area (Å²) < 4.78 is 18.5. The second-order valence-electron chi connectivity index (χ2n) is 4.69. The number of ether oxygens (including phenoxy) is 1. The summed E-state index contributed by atoms with van der Waals surface area (Å²) in [5.74, 6) is 0.219. The van der Waals surface area contributed by atoms with Gasteiger partial charge in [0, 0.05) is 17.5 Å². The Labute approximate surface area is 89.2 Å². The highest BCUT2D eigenvalue weighted by atomic mass is 19.1. The van der Waals surface area contributed by atoms with Crippen LogP contribution in [0.2, 0.25) is 0 Å². The number of benzene rings is 1. The highest BCUT2D eigenvalue weighted by Gasteiger charge is 2.57. The second kappa shape index (κ2) is 3.20. The van der Waals surface area contributed by atoms with E-state index in [0.29, 0.717) is 5.75 Å². The molecule has 1 aliphatic rings. The summed E-state index contributed by atoms with van der Waals surface area (Å²) in [7, 11) is 1.49. The Morgan fingerprint density at radius 2 is 2.00 bits per heavy atom. The van der Waals surface area contributed by atoms with Crippen molar-refractivity contribution in [3.05, 3.63) is 29.6 Å². The first-order valence-corrected chi connectivity index (χ1v) is 5.08. The van der Waals surface area contributed by atoms with Crippen LogP contribution in [0.4, 0.5) is 4.39 Å². The summed E-state index contributed by atoms with van der Waals surface area (Å²) in [4.78, 5) is 0. The Morgan fingerprint density at radius 1 is 1.40 bits per heavy atom. The van der Waals surface area contributed by atoms with Gasteiger partial charge in [-0.1, -0.05) is 26.0 Å². The zero-order chi connectivity index (χ0) is 11.2. The van der Waals surface area contributed by atoms with Gasteiger partial charge >= 0.3 is 0 Å². The summed E-state index contributed by atoms with van der Waals surface area (Å²) in [5.41, 5.74) is 6.90. The van der Waals surface area contributed by atoms with E-state index in [1.54, 1.807) is 6.07 Å². The first kappa shape index (κ1) is 10.4. The van der Waals surface area contributed by atoms with E-state index in [4.69, 9.17) is 10.5 Å². The zero-order valence-electron chi connectivity index (χ0n) is 9.25. The van der Waals surface area contributed by atoms with E-state index in [-0.39, 0.29) is 23.2 Å². The molecular formula is C12H16FNO. The quantitative estimate of drug-likeness (QED) is 0.811. The minimum absolute atomic E-state index is 0.0427. The Hall–Kier alpha value is -1.09. The lowest BCUT2D eigenvalue weighted by atomic mass is 10.0. The molecule has 82 valence electrons. The third kappa shape index (κ3) is 1.42. The predicted molar refractivity (Wildman–Crippen MR) is 57.4 cm³/mol. The van der Waals surface area contributed by atoms with Gasteiger partial charge in [0.25, 0.3) is 0 Å². The number of para-hydroxylation sites is 1. The molecule has 0 spiro atoms. The summed E-state index contributed by atoms with van der Waals surface area (Å²) >= 11 is 0. The molecule has 2 rings (SSSR count). The largest absolute Gasteiger partial charge is 0.493 e. The Kier molecular flexibility index (Phi) is 2.23. The van der Waals surface area contributed by atoms with Gasteiger partial charge in [0.2, 0.25) is 0 Å². The summed E-state index contributed by atoms with van der Waals surface area (Å²) in [6.07, 6.45) is 0. The highest BCUT2D eigenvalue weighted by molar-refractivity contribution is 5.44. The molecule has 2 nitrogen and oxygen atoms in total. The summed E-state index contributed by atoms with van der Waals surface area (Å²) in [5, 5.41) is 0. The molecule has 1 aliphatic carbocycles. The SMILES string of the molecule is COc1c(F)cccc1C1C(N)C1(C)C. The van der Waals surface area contributed by atoms with Crippen molar-refractivity contribution in [3.63, 3.8) is 0 Å². The van der Waals surface area contributed by atoms with Crippen molar-refractivity contribution >= 4 is 0 Å². The van der Waals surface area contributed by atoms with Gasteiger partial charge in [-0.2, -0.15) is 0 Å². The molecule has 0 saturated heterocycles. The summed E-state index contributed by atoms with van der Waals surface area (Å²) in [6, 6.07) is 5.09. The fourth-order valence-corrected chi connectivity index (χ4v) is 2.26. The van der Waals surface area contributed by atoms with Gasteiger partial charge in [-0.3, -0.25) is 0 Å². The highest BCUT2D eigenvalue weighted by Crippen LogP contribution is 2.59. The lowest BCUT2D eigenvalue weighted by molar-refractivity contribution is 0.379. The van der Waals surface area contributed by atoms with Gasteiger partial charge in [-0.05, 0) is 11.5 Å². The summed E-state index contributed by atoms with van der Waals surface area (Å²) in [6.45, 7) is 4.18. The molecule has 0 amide bonds. The normalized spacial score (nSPS) is 27.5. The number of rotatable bonds is 2.